The van der Waals surface area contributed by atoms with E-state index >= 15 is 0 Å². The minimum atomic E-state index is -0.520. The van der Waals surface area contributed by atoms with Crippen molar-refractivity contribution in [1.29, 1.82) is 0 Å². The molecule has 0 aliphatic carbocycles. The van der Waals surface area contributed by atoms with Crippen molar-refractivity contribution in [2.45, 2.75) is 37.0 Å². The van der Waals surface area contributed by atoms with Gasteiger partial charge in [0.1, 0.15) is 0 Å². The van der Waals surface area contributed by atoms with Crippen LogP contribution in [0, 0.1) is 5.41 Å². The van der Waals surface area contributed by atoms with Crippen molar-refractivity contribution in [3.8, 4) is 0 Å². The minimum absolute atomic E-state index is 0.171. The van der Waals surface area contributed by atoms with Crippen molar-refractivity contribution in [2.24, 2.45) is 5.41 Å². The molecule has 1 aromatic rings. The molecule has 0 atom stereocenters. The first-order valence-electron chi connectivity index (χ1n) is 5.55. The highest BCUT2D eigenvalue weighted by molar-refractivity contribution is 7.83. The lowest BCUT2D eigenvalue weighted by molar-refractivity contribution is -0.153. The molecule has 1 aromatic carbocycles. The molecule has 0 aliphatic heterocycles. The van der Waals surface area contributed by atoms with E-state index in [1.165, 1.54) is 0 Å². The van der Waals surface area contributed by atoms with Gasteiger partial charge in [0, 0.05) is 9.79 Å². The van der Waals surface area contributed by atoms with Crippen LogP contribution in [0.1, 0.15) is 26.3 Å². The van der Waals surface area contributed by atoms with E-state index in [1.807, 2.05) is 39.0 Å². The Morgan fingerprint density at radius 2 is 1.94 bits per heavy atom. The summed E-state index contributed by atoms with van der Waals surface area (Å²) in [5.74, 6) is -0.171. The first-order chi connectivity index (χ1) is 7.86. The number of thiol groups is 2. The van der Waals surface area contributed by atoms with Crippen molar-refractivity contribution < 1.29 is 9.53 Å². The van der Waals surface area contributed by atoms with Gasteiger partial charge >= 0.3 is 5.97 Å². The normalized spacial score (nSPS) is 11.4. The van der Waals surface area contributed by atoms with E-state index in [9.17, 15) is 4.79 Å². The lowest BCUT2D eigenvalue weighted by atomic mass is 9.86. The lowest BCUT2D eigenvalue weighted by Gasteiger charge is -2.22. The molecule has 94 valence electrons. The van der Waals surface area contributed by atoms with Gasteiger partial charge in [-0.2, -0.15) is 0 Å². The molecule has 0 unspecified atom stereocenters. The van der Waals surface area contributed by atoms with Crippen molar-refractivity contribution in [3.05, 3.63) is 23.8 Å². The zero-order chi connectivity index (χ0) is 13.1. The van der Waals surface area contributed by atoms with Gasteiger partial charge < -0.3 is 4.74 Å². The molecule has 0 spiro atoms. The van der Waals surface area contributed by atoms with E-state index < -0.39 is 5.41 Å². The third-order valence-electron chi connectivity index (χ3n) is 2.51. The second-order valence-electron chi connectivity index (χ2n) is 4.60. The van der Waals surface area contributed by atoms with Crippen LogP contribution in [0.4, 0.5) is 0 Å². The van der Waals surface area contributed by atoms with Crippen molar-refractivity contribution in [1.82, 2.24) is 0 Å². The second-order valence-corrected chi connectivity index (χ2v) is 5.57. The highest BCUT2D eigenvalue weighted by Gasteiger charge is 2.29. The molecule has 1 rings (SSSR count). The topological polar surface area (TPSA) is 26.3 Å². The quantitative estimate of drug-likeness (QED) is 0.648. The zero-order valence-electron chi connectivity index (χ0n) is 10.4. The van der Waals surface area contributed by atoms with Crippen LogP contribution < -0.4 is 0 Å². The van der Waals surface area contributed by atoms with Crippen LogP contribution in [0.5, 0.6) is 0 Å². The van der Waals surface area contributed by atoms with E-state index in [0.717, 1.165) is 15.4 Å². The zero-order valence-corrected chi connectivity index (χ0v) is 12.1. The SMILES string of the molecule is CCOC(=O)C(C)(C)Cc1ccc(S)c(S)c1. The van der Waals surface area contributed by atoms with Crippen LogP contribution in [0.3, 0.4) is 0 Å². The summed E-state index contributed by atoms with van der Waals surface area (Å²) >= 11 is 8.58. The van der Waals surface area contributed by atoms with Gasteiger partial charge in [0.15, 0.2) is 0 Å². The maximum absolute atomic E-state index is 11.8. The Balaban J connectivity index is 2.82. The predicted octanol–water partition coefficient (Wildman–Crippen LogP) is 3.40. The predicted molar refractivity (Wildman–Crippen MR) is 75.1 cm³/mol. The summed E-state index contributed by atoms with van der Waals surface area (Å²) in [5.41, 5.74) is 0.541. The Morgan fingerprint density at radius 3 is 2.47 bits per heavy atom. The van der Waals surface area contributed by atoms with E-state index in [4.69, 9.17) is 4.74 Å². The summed E-state index contributed by atoms with van der Waals surface area (Å²) in [6.45, 7) is 6.00. The Hall–Kier alpha value is -0.610. The van der Waals surface area contributed by atoms with Crippen LogP contribution in [0.2, 0.25) is 0 Å². The molecular weight excluding hydrogens is 252 g/mol. The van der Waals surface area contributed by atoms with Crippen LogP contribution >= 0.6 is 25.3 Å². The van der Waals surface area contributed by atoms with Gasteiger partial charge in [-0.3, -0.25) is 4.79 Å². The molecule has 0 radical (unpaired) electrons. The molecule has 17 heavy (non-hydrogen) atoms. The third-order valence-corrected chi connectivity index (χ3v) is 3.45. The van der Waals surface area contributed by atoms with Gasteiger partial charge in [-0.05, 0) is 44.9 Å². The van der Waals surface area contributed by atoms with Gasteiger partial charge in [0.2, 0.25) is 0 Å². The number of benzene rings is 1. The van der Waals surface area contributed by atoms with Crippen LogP contribution in [-0.2, 0) is 16.0 Å². The highest BCUT2D eigenvalue weighted by atomic mass is 32.1. The second kappa shape index (κ2) is 5.83. The van der Waals surface area contributed by atoms with E-state index in [-0.39, 0.29) is 5.97 Å². The fraction of sp³-hybridized carbons (Fsp3) is 0.462. The number of hydrogen-bond acceptors (Lipinski definition) is 4. The summed E-state index contributed by atoms with van der Waals surface area (Å²) in [5, 5.41) is 0. The molecule has 0 bridgehead atoms. The van der Waals surface area contributed by atoms with E-state index in [0.29, 0.717) is 13.0 Å². The Labute approximate surface area is 114 Å². The molecule has 2 nitrogen and oxygen atoms in total. The molecule has 0 aliphatic rings. The largest absolute Gasteiger partial charge is 0.466 e. The number of carbonyl (C=O) groups excluding carboxylic acids is 1. The average Bonchev–Trinajstić information content (AvgIpc) is 2.23. The number of ether oxygens (including phenoxy) is 1. The fourth-order valence-electron chi connectivity index (χ4n) is 1.59. The summed E-state index contributed by atoms with van der Waals surface area (Å²) in [7, 11) is 0. The number of carbonyl (C=O) groups is 1. The smallest absolute Gasteiger partial charge is 0.311 e. The standard InChI is InChI=1S/C13H18O2S2/c1-4-15-12(14)13(2,3)8-9-5-6-10(16)11(17)7-9/h5-7,16-17H,4,8H2,1-3H3. The summed E-state index contributed by atoms with van der Waals surface area (Å²) in [6, 6.07) is 5.79. The first kappa shape index (κ1) is 14.5. The maximum Gasteiger partial charge on any atom is 0.311 e. The molecular formula is C13H18O2S2. The number of hydrogen-bond donors (Lipinski definition) is 2. The Bertz CT molecular complexity index is 414. The van der Waals surface area contributed by atoms with Crippen molar-refractivity contribution >= 4 is 31.2 Å². The van der Waals surface area contributed by atoms with Crippen LogP contribution in [0.25, 0.3) is 0 Å². The van der Waals surface area contributed by atoms with Gasteiger partial charge in [-0.1, -0.05) is 6.07 Å². The average molecular weight is 270 g/mol. The molecule has 0 saturated carbocycles. The molecule has 0 N–H and O–H groups in total. The molecule has 0 amide bonds. The molecule has 4 heteroatoms. The highest BCUT2D eigenvalue weighted by Crippen LogP contribution is 2.27. The van der Waals surface area contributed by atoms with Crippen LogP contribution in [0.15, 0.2) is 28.0 Å². The minimum Gasteiger partial charge on any atom is -0.466 e. The molecule has 0 aromatic heterocycles. The molecule has 0 heterocycles. The monoisotopic (exact) mass is 270 g/mol. The van der Waals surface area contributed by atoms with Crippen molar-refractivity contribution in [3.63, 3.8) is 0 Å². The summed E-state index contributed by atoms with van der Waals surface area (Å²) in [6.07, 6.45) is 0.632. The summed E-state index contributed by atoms with van der Waals surface area (Å²) in [4.78, 5) is 13.4. The van der Waals surface area contributed by atoms with E-state index in [2.05, 4.69) is 25.3 Å². The Kier molecular flexibility index (Phi) is 4.95. The fourth-order valence-corrected chi connectivity index (χ4v) is 1.97. The first-order valence-corrected chi connectivity index (χ1v) is 6.44. The number of esters is 1. The van der Waals surface area contributed by atoms with Gasteiger partial charge in [0.25, 0.3) is 0 Å². The van der Waals surface area contributed by atoms with Gasteiger partial charge in [-0.15, -0.1) is 25.3 Å². The third kappa shape index (κ3) is 3.96. The summed E-state index contributed by atoms with van der Waals surface area (Å²) < 4.78 is 5.06. The molecule has 0 saturated heterocycles. The Morgan fingerprint density at radius 1 is 1.29 bits per heavy atom. The van der Waals surface area contributed by atoms with E-state index in [1.54, 1.807) is 0 Å². The molecule has 0 fully saturated rings. The number of rotatable bonds is 4. The van der Waals surface area contributed by atoms with Gasteiger partial charge in [-0.25, -0.2) is 0 Å². The van der Waals surface area contributed by atoms with Gasteiger partial charge in [0.05, 0.1) is 12.0 Å². The maximum atomic E-state index is 11.8. The van der Waals surface area contributed by atoms with Crippen molar-refractivity contribution in [2.75, 3.05) is 6.61 Å². The van der Waals surface area contributed by atoms with Crippen LogP contribution in [-0.4, -0.2) is 12.6 Å². The lowest BCUT2D eigenvalue weighted by Crippen LogP contribution is -2.29.